The zero-order valence-electron chi connectivity index (χ0n) is 66.0. The molecule has 0 saturated heterocycles. The lowest BCUT2D eigenvalue weighted by atomic mass is 9.83. The Hall–Kier alpha value is -15.6. The summed E-state index contributed by atoms with van der Waals surface area (Å²) in [7, 11) is 0. The van der Waals surface area contributed by atoms with E-state index in [1.54, 1.807) is 0 Å². The lowest BCUT2D eigenvalue weighted by molar-refractivity contribution is 1.61. The Morgan fingerprint density at radius 3 is 0.733 bits per heavy atom. The maximum Gasteiger partial charge on any atom is -0.00141 e. The van der Waals surface area contributed by atoms with Gasteiger partial charge < -0.3 is 0 Å². The standard InChI is InChI=1S/3C40H26/c1-2-11-27(12-3-1)28-21-23-31(24-22-28)38-35-18-8-9-19-36(35)39(34-20-10-15-29-13-4-6-16-32(29)34)37-26-25-30-14-5-7-17-33(30)40(37)38;1-2-11-27(12-3-1)31-16-10-17-32(25-31)39-36-20-9-8-19-35(36)38(33-22-21-28-13-4-5-15-30(28)26-33)37-24-23-29-14-6-7-18-34(29)40(37)39;1-2-10-27(11-3-1)29-18-21-31(22-19-29)39-36-17-9-8-16-35(36)38(33-23-20-28-12-4-5-14-32(28)26-33)37-25-24-30-13-6-7-15-34(30)40(37)39/h3*1-26H. The monoisotopic (exact) mass is 1520 g/mol. The number of benzene rings is 24. The second-order valence-corrected chi connectivity index (χ2v) is 31.5. The third-order valence-corrected chi connectivity index (χ3v) is 24.7. The van der Waals surface area contributed by atoms with Gasteiger partial charge in [-0.3, -0.25) is 0 Å². The largest absolute Gasteiger partial charge is 0.0622 e. The predicted octanol–water partition coefficient (Wildman–Crippen LogP) is 33.9. The quantitative estimate of drug-likeness (QED) is 0.0998. The van der Waals surface area contributed by atoms with Crippen molar-refractivity contribution in [3.63, 3.8) is 0 Å². The van der Waals surface area contributed by atoms with Crippen molar-refractivity contribution < 1.29 is 0 Å². The van der Waals surface area contributed by atoms with E-state index in [-0.39, 0.29) is 0 Å². The first-order valence-corrected chi connectivity index (χ1v) is 41.6. The minimum atomic E-state index is 1.23. The summed E-state index contributed by atoms with van der Waals surface area (Å²) in [6.45, 7) is 0. The molecule has 0 radical (unpaired) electrons. The Bertz CT molecular complexity index is 8090. The van der Waals surface area contributed by atoms with Crippen molar-refractivity contribution in [3.8, 4) is 100 Å². The maximum atomic E-state index is 2.36. The normalized spacial score (nSPS) is 11.5. The van der Waals surface area contributed by atoms with E-state index in [0.717, 1.165) is 0 Å². The topological polar surface area (TPSA) is 0 Å². The summed E-state index contributed by atoms with van der Waals surface area (Å²) >= 11 is 0. The molecule has 558 valence electrons. The summed E-state index contributed by atoms with van der Waals surface area (Å²) in [4.78, 5) is 0. The molecule has 0 aliphatic rings. The summed E-state index contributed by atoms with van der Waals surface area (Å²) in [5, 5.41) is 30.7. The number of hydrogen-bond donors (Lipinski definition) is 0. The Morgan fingerprint density at radius 2 is 0.325 bits per heavy atom. The van der Waals surface area contributed by atoms with E-state index < -0.39 is 0 Å². The second-order valence-electron chi connectivity index (χ2n) is 31.5. The van der Waals surface area contributed by atoms with Crippen LogP contribution in [-0.4, -0.2) is 0 Å². The fourth-order valence-corrected chi connectivity index (χ4v) is 19.2. The molecule has 0 amide bonds. The molecule has 0 aliphatic carbocycles. The highest BCUT2D eigenvalue weighted by Gasteiger charge is 2.24. The van der Waals surface area contributed by atoms with E-state index in [1.165, 1.54) is 229 Å². The molecule has 0 heteroatoms. The van der Waals surface area contributed by atoms with Crippen LogP contribution in [0.2, 0.25) is 0 Å². The van der Waals surface area contributed by atoms with Gasteiger partial charge in [-0.2, -0.15) is 0 Å². The molecule has 0 aromatic heterocycles. The molecule has 24 aromatic rings. The van der Waals surface area contributed by atoms with Crippen molar-refractivity contribution in [2.75, 3.05) is 0 Å². The summed E-state index contributed by atoms with van der Waals surface area (Å²) in [5.74, 6) is 0. The van der Waals surface area contributed by atoms with Crippen molar-refractivity contribution in [1.29, 1.82) is 0 Å². The lowest BCUT2D eigenvalue weighted by Gasteiger charge is -2.20. The van der Waals surface area contributed by atoms with Crippen LogP contribution in [0.1, 0.15) is 0 Å². The first-order chi connectivity index (χ1) is 59.6. The molecule has 0 aliphatic heterocycles. The van der Waals surface area contributed by atoms with Gasteiger partial charge in [0.25, 0.3) is 0 Å². The van der Waals surface area contributed by atoms with Gasteiger partial charge in [-0.05, 0) is 248 Å². The zero-order valence-corrected chi connectivity index (χ0v) is 66.0. The summed E-state index contributed by atoms with van der Waals surface area (Å²) in [5.41, 5.74) is 22.7. The highest BCUT2D eigenvalue weighted by molar-refractivity contribution is 6.32. The molecule has 0 fully saturated rings. The van der Waals surface area contributed by atoms with E-state index in [1.807, 2.05) is 0 Å². The fourth-order valence-electron chi connectivity index (χ4n) is 19.2. The molecule has 0 heterocycles. The van der Waals surface area contributed by atoms with E-state index in [9.17, 15) is 0 Å². The molecule has 0 spiro atoms. The maximum absolute atomic E-state index is 2.36. The minimum absolute atomic E-state index is 1.23. The zero-order chi connectivity index (χ0) is 79.4. The van der Waals surface area contributed by atoms with Gasteiger partial charge in [0.2, 0.25) is 0 Å². The molecule has 24 rings (SSSR count). The summed E-state index contributed by atoms with van der Waals surface area (Å²) in [6.07, 6.45) is 0. The van der Waals surface area contributed by atoms with Crippen molar-refractivity contribution in [2.24, 2.45) is 0 Å². The van der Waals surface area contributed by atoms with E-state index in [2.05, 4.69) is 473 Å². The Kier molecular flexibility index (Phi) is 18.1. The number of rotatable bonds is 9. The van der Waals surface area contributed by atoms with Crippen LogP contribution in [0.25, 0.3) is 229 Å². The van der Waals surface area contributed by atoms with Gasteiger partial charge in [0, 0.05) is 0 Å². The van der Waals surface area contributed by atoms with Crippen molar-refractivity contribution >= 4 is 129 Å². The van der Waals surface area contributed by atoms with Gasteiger partial charge in [-0.15, -0.1) is 0 Å². The van der Waals surface area contributed by atoms with Crippen molar-refractivity contribution in [2.45, 2.75) is 0 Å². The van der Waals surface area contributed by atoms with E-state index in [4.69, 9.17) is 0 Å². The van der Waals surface area contributed by atoms with Crippen LogP contribution in [0.5, 0.6) is 0 Å². The molecule has 0 atom stereocenters. The van der Waals surface area contributed by atoms with Gasteiger partial charge in [0.15, 0.2) is 0 Å². The SMILES string of the molecule is c1ccc(-c2ccc(-c3c4ccccc4c(-c4ccc5ccccc5c4)c4ccc5ccccc5c34)cc2)cc1.c1ccc(-c2ccc(-c3c4ccccc4c(-c4cccc5ccccc45)c4ccc5ccccc5c34)cc2)cc1.c1ccc(-c2cccc(-c3c4ccccc4c(-c4ccc5ccccc5c4)c4ccc5ccccc5c34)c2)cc1. The average molecular weight is 1520 g/mol. The van der Waals surface area contributed by atoms with Gasteiger partial charge in [0.1, 0.15) is 0 Å². The van der Waals surface area contributed by atoms with Crippen LogP contribution in [0, 0.1) is 0 Å². The Morgan fingerprint density at radius 1 is 0.0917 bits per heavy atom. The number of fused-ring (bicyclic) bond motifs is 15. The smallest absolute Gasteiger partial charge is 0.00141 e. The minimum Gasteiger partial charge on any atom is -0.0622 e. The molecule has 0 saturated carbocycles. The fraction of sp³-hybridized carbons (Fsp3) is 0. The van der Waals surface area contributed by atoms with Gasteiger partial charge in [0.05, 0.1) is 0 Å². The van der Waals surface area contributed by atoms with Gasteiger partial charge in [-0.25, -0.2) is 0 Å². The molecule has 24 aromatic carbocycles. The summed E-state index contributed by atoms with van der Waals surface area (Å²) < 4.78 is 0. The Labute approximate surface area is 697 Å². The van der Waals surface area contributed by atoms with Gasteiger partial charge >= 0.3 is 0 Å². The van der Waals surface area contributed by atoms with Crippen LogP contribution < -0.4 is 0 Å². The Balaban J connectivity index is 0.000000108. The van der Waals surface area contributed by atoms with E-state index >= 15 is 0 Å². The van der Waals surface area contributed by atoms with Crippen molar-refractivity contribution in [3.05, 3.63) is 473 Å². The molecule has 120 heavy (non-hydrogen) atoms. The van der Waals surface area contributed by atoms with Crippen molar-refractivity contribution in [1.82, 2.24) is 0 Å². The highest BCUT2D eigenvalue weighted by atomic mass is 14.3. The van der Waals surface area contributed by atoms with Crippen LogP contribution >= 0.6 is 0 Å². The predicted molar refractivity (Wildman–Crippen MR) is 518 cm³/mol. The second kappa shape index (κ2) is 30.5. The van der Waals surface area contributed by atoms with Crippen LogP contribution in [0.15, 0.2) is 473 Å². The van der Waals surface area contributed by atoms with Crippen LogP contribution in [0.4, 0.5) is 0 Å². The highest BCUT2D eigenvalue weighted by Crippen LogP contribution is 2.52. The van der Waals surface area contributed by atoms with Crippen LogP contribution in [0.3, 0.4) is 0 Å². The number of hydrogen-bond acceptors (Lipinski definition) is 0. The van der Waals surface area contributed by atoms with Crippen LogP contribution in [-0.2, 0) is 0 Å². The van der Waals surface area contributed by atoms with E-state index in [0.29, 0.717) is 0 Å². The average Bonchev–Trinajstić information content (AvgIpc) is 0.728. The first kappa shape index (κ1) is 71.0. The third-order valence-electron chi connectivity index (χ3n) is 24.7. The molecule has 0 unspecified atom stereocenters. The molecule has 0 nitrogen and oxygen atoms in total. The lowest BCUT2D eigenvalue weighted by Crippen LogP contribution is -1.93. The third kappa shape index (κ3) is 12.7. The molecule has 0 N–H and O–H groups in total. The first-order valence-electron chi connectivity index (χ1n) is 41.6. The van der Waals surface area contributed by atoms with Gasteiger partial charge in [-0.1, -0.05) is 455 Å². The molecular weight excluding hydrogens is 1440 g/mol. The molecule has 0 bridgehead atoms. The summed E-state index contributed by atoms with van der Waals surface area (Å²) in [6, 6.07) is 173. The molecular formula is C120H78.